The molecule has 16 heavy (non-hydrogen) atoms. The van der Waals surface area contributed by atoms with Gasteiger partial charge in [-0.15, -0.1) is 0 Å². The molecule has 0 atom stereocenters. The van der Waals surface area contributed by atoms with Gasteiger partial charge in [0.05, 0.1) is 0 Å². The second-order valence-corrected chi connectivity index (χ2v) is 4.14. The fraction of sp³-hybridized carbons (Fsp3) is 0.364. The quantitative estimate of drug-likeness (QED) is 0.792. The van der Waals surface area contributed by atoms with Crippen LogP contribution in [0.1, 0.15) is 0 Å². The Labute approximate surface area is 100 Å². The van der Waals surface area contributed by atoms with Crippen LogP contribution in [-0.4, -0.2) is 38.2 Å². The number of anilines is 1. The highest BCUT2D eigenvalue weighted by atomic mass is 35.5. The molecule has 4 nitrogen and oxygen atoms in total. The number of likely N-dealkylation sites (N-methyl/N-ethyl adjacent to an activating group) is 1. The second kappa shape index (κ2) is 5.72. The molecule has 0 saturated heterocycles. The molecule has 0 unspecified atom stereocenters. The van der Waals surface area contributed by atoms with E-state index in [1.54, 1.807) is 24.3 Å². The minimum Gasteiger partial charge on any atom is -0.530 e. The number of carbonyl (C=O) groups is 1. The summed E-state index contributed by atoms with van der Waals surface area (Å²) in [7, 11) is 3.76. The third-order valence-corrected chi connectivity index (χ3v) is 2.35. The summed E-state index contributed by atoms with van der Waals surface area (Å²) in [6, 6.07) is 6.71. The largest absolute Gasteiger partial charge is 0.530 e. The number of carbonyl (C=O) groups excluding carboxylic acids is 1. The van der Waals surface area contributed by atoms with E-state index in [-0.39, 0.29) is 0 Å². The molecule has 0 radical (unpaired) electrons. The van der Waals surface area contributed by atoms with Crippen molar-refractivity contribution in [3.8, 4) is 0 Å². The van der Waals surface area contributed by atoms with Crippen LogP contribution >= 0.6 is 11.6 Å². The second-order valence-electron chi connectivity index (χ2n) is 3.70. The van der Waals surface area contributed by atoms with Gasteiger partial charge in [-0.3, -0.25) is 0 Å². The molecule has 5 heteroatoms. The molecule has 0 saturated carbocycles. The standard InChI is InChI=1S/C11H15ClN2O2/c1-13(2)6-7-14(11(15)16)10-5-3-4-9(12)8-10/h3-5,8H,6-7H2,1-2H3,(H,15,16)/p-1. The Hall–Kier alpha value is -1.26. The molecule has 0 spiro atoms. The Morgan fingerprint density at radius 1 is 1.38 bits per heavy atom. The molecule has 88 valence electrons. The first-order valence-electron chi connectivity index (χ1n) is 4.89. The van der Waals surface area contributed by atoms with Gasteiger partial charge in [-0.1, -0.05) is 17.7 Å². The van der Waals surface area contributed by atoms with Crippen molar-refractivity contribution in [3.63, 3.8) is 0 Å². The maximum Gasteiger partial charge on any atom is 0.141 e. The predicted molar refractivity (Wildman–Crippen MR) is 62.7 cm³/mol. The highest BCUT2D eigenvalue weighted by Gasteiger charge is 2.08. The van der Waals surface area contributed by atoms with Gasteiger partial charge >= 0.3 is 0 Å². The number of carboxylic acid groups (broad SMARTS) is 1. The van der Waals surface area contributed by atoms with Gasteiger partial charge < -0.3 is 19.7 Å². The molecule has 0 heterocycles. The number of halogens is 1. The van der Waals surface area contributed by atoms with E-state index >= 15 is 0 Å². The lowest BCUT2D eigenvalue weighted by Gasteiger charge is -2.26. The molecule has 1 rings (SSSR count). The van der Waals surface area contributed by atoms with E-state index in [0.717, 1.165) is 0 Å². The van der Waals surface area contributed by atoms with Gasteiger partial charge in [-0.25, -0.2) is 0 Å². The van der Waals surface area contributed by atoms with Crippen LogP contribution in [0.15, 0.2) is 24.3 Å². The summed E-state index contributed by atoms with van der Waals surface area (Å²) < 4.78 is 0. The maximum atomic E-state index is 11.0. The fourth-order valence-corrected chi connectivity index (χ4v) is 1.45. The van der Waals surface area contributed by atoms with Crippen LogP contribution in [0.3, 0.4) is 0 Å². The van der Waals surface area contributed by atoms with Crippen molar-refractivity contribution in [1.82, 2.24) is 4.90 Å². The lowest BCUT2D eigenvalue weighted by atomic mass is 10.3. The zero-order chi connectivity index (χ0) is 12.1. The molecule has 0 fully saturated rings. The zero-order valence-corrected chi connectivity index (χ0v) is 10.1. The minimum atomic E-state index is -1.22. The number of nitrogens with zero attached hydrogens (tertiary/aromatic N) is 2. The molecule has 0 aliphatic heterocycles. The van der Waals surface area contributed by atoms with Crippen molar-refractivity contribution in [2.75, 3.05) is 32.1 Å². The van der Waals surface area contributed by atoms with Crippen molar-refractivity contribution in [2.45, 2.75) is 0 Å². The molecular formula is C11H14ClN2O2-. The van der Waals surface area contributed by atoms with E-state index in [4.69, 9.17) is 11.6 Å². The van der Waals surface area contributed by atoms with E-state index in [1.165, 1.54) is 4.90 Å². The maximum absolute atomic E-state index is 11.0. The lowest BCUT2D eigenvalue weighted by molar-refractivity contribution is -0.246. The SMILES string of the molecule is CN(C)CCN(C(=O)[O-])c1cccc(Cl)c1. The number of hydrogen-bond acceptors (Lipinski definition) is 3. The van der Waals surface area contributed by atoms with Crippen LogP contribution in [0, 0.1) is 0 Å². The third-order valence-electron chi connectivity index (χ3n) is 2.11. The molecule has 0 bridgehead atoms. The van der Waals surface area contributed by atoms with Gasteiger partial charge in [0, 0.05) is 23.8 Å². The first-order valence-corrected chi connectivity index (χ1v) is 5.27. The van der Waals surface area contributed by atoms with E-state index < -0.39 is 6.09 Å². The highest BCUT2D eigenvalue weighted by molar-refractivity contribution is 6.30. The molecule has 1 amide bonds. The third kappa shape index (κ3) is 3.72. The van der Waals surface area contributed by atoms with Crippen molar-refractivity contribution in [3.05, 3.63) is 29.3 Å². The normalized spacial score (nSPS) is 10.5. The van der Waals surface area contributed by atoms with Gasteiger partial charge in [-0.05, 0) is 32.3 Å². The van der Waals surface area contributed by atoms with Crippen molar-refractivity contribution < 1.29 is 9.90 Å². The smallest absolute Gasteiger partial charge is 0.141 e. The van der Waals surface area contributed by atoms with Gasteiger partial charge in [0.25, 0.3) is 0 Å². The summed E-state index contributed by atoms with van der Waals surface area (Å²) in [5.41, 5.74) is 0.536. The highest BCUT2D eigenvalue weighted by Crippen LogP contribution is 2.18. The van der Waals surface area contributed by atoms with Crippen LogP contribution in [0.4, 0.5) is 10.5 Å². The van der Waals surface area contributed by atoms with Crippen molar-refractivity contribution in [1.29, 1.82) is 0 Å². The lowest BCUT2D eigenvalue weighted by Crippen LogP contribution is -2.44. The fourth-order valence-electron chi connectivity index (χ4n) is 1.27. The zero-order valence-electron chi connectivity index (χ0n) is 9.31. The summed E-state index contributed by atoms with van der Waals surface area (Å²) in [5, 5.41) is 11.5. The number of amides is 1. The minimum absolute atomic E-state index is 0.357. The summed E-state index contributed by atoms with van der Waals surface area (Å²) in [6.45, 7) is 0.982. The van der Waals surface area contributed by atoms with Crippen LogP contribution in [-0.2, 0) is 0 Å². The van der Waals surface area contributed by atoms with Gasteiger partial charge in [0.2, 0.25) is 0 Å². The molecule has 1 aromatic carbocycles. The predicted octanol–water partition coefficient (Wildman–Crippen LogP) is 1.05. The van der Waals surface area contributed by atoms with E-state index in [2.05, 4.69) is 0 Å². The summed E-state index contributed by atoms with van der Waals surface area (Å²) in [4.78, 5) is 14.1. The molecule has 1 aromatic rings. The topological polar surface area (TPSA) is 46.6 Å². The first-order chi connectivity index (χ1) is 7.50. The molecule has 0 aromatic heterocycles. The van der Waals surface area contributed by atoms with Crippen molar-refractivity contribution >= 4 is 23.4 Å². The Kier molecular flexibility index (Phi) is 4.58. The Morgan fingerprint density at radius 2 is 2.06 bits per heavy atom. The molecule has 0 aliphatic rings. The summed E-state index contributed by atoms with van der Waals surface area (Å²) >= 11 is 5.81. The molecule has 0 N–H and O–H groups in total. The molecular weight excluding hydrogens is 228 g/mol. The monoisotopic (exact) mass is 241 g/mol. The Morgan fingerprint density at radius 3 is 2.56 bits per heavy atom. The van der Waals surface area contributed by atoms with Gasteiger partial charge in [0.15, 0.2) is 0 Å². The average Bonchev–Trinajstić information content (AvgIpc) is 2.17. The number of rotatable bonds is 4. The first kappa shape index (κ1) is 12.8. The van der Waals surface area contributed by atoms with Crippen LogP contribution in [0.5, 0.6) is 0 Å². The Balaban J connectivity index is 2.81. The summed E-state index contributed by atoms with van der Waals surface area (Å²) in [6.07, 6.45) is -1.22. The van der Waals surface area contributed by atoms with Gasteiger partial charge in [-0.2, -0.15) is 0 Å². The van der Waals surface area contributed by atoms with E-state index in [9.17, 15) is 9.90 Å². The van der Waals surface area contributed by atoms with E-state index in [1.807, 2.05) is 19.0 Å². The molecule has 0 aliphatic carbocycles. The number of hydrogen-bond donors (Lipinski definition) is 0. The number of benzene rings is 1. The van der Waals surface area contributed by atoms with Crippen LogP contribution < -0.4 is 10.0 Å². The average molecular weight is 242 g/mol. The van der Waals surface area contributed by atoms with Crippen LogP contribution in [0.25, 0.3) is 0 Å². The van der Waals surface area contributed by atoms with E-state index in [0.29, 0.717) is 23.8 Å². The van der Waals surface area contributed by atoms with Gasteiger partial charge in [0.1, 0.15) is 6.09 Å². The van der Waals surface area contributed by atoms with Crippen LogP contribution in [0.2, 0.25) is 5.02 Å². The van der Waals surface area contributed by atoms with Crippen molar-refractivity contribution in [2.24, 2.45) is 0 Å². The summed E-state index contributed by atoms with van der Waals surface area (Å²) in [5.74, 6) is 0. The Bertz CT molecular complexity index is 369.